The molecule has 0 saturated carbocycles. The van der Waals surface area contributed by atoms with E-state index in [1.54, 1.807) is 7.11 Å². The predicted molar refractivity (Wildman–Crippen MR) is 52.5 cm³/mol. The maximum Gasteiger partial charge on any atom is 0.175 e. The van der Waals surface area contributed by atoms with Crippen molar-refractivity contribution in [2.75, 3.05) is 7.11 Å². The van der Waals surface area contributed by atoms with Crippen LogP contribution in [0.2, 0.25) is 0 Å². The van der Waals surface area contributed by atoms with E-state index in [-0.39, 0.29) is 11.7 Å². The molecular formula is C11H16O2. The third-order valence-electron chi connectivity index (χ3n) is 2.25. The molecule has 0 heterocycles. The van der Waals surface area contributed by atoms with Crippen LogP contribution in [0.3, 0.4) is 0 Å². The molecule has 0 saturated heterocycles. The standard InChI is InChI=1S/C11H16O2/c1-9(2)10(12)11(13-3)7-5-4-6-8-11/h5-9H,4H2,1-3H3. The SMILES string of the molecule is COC1(C(=O)C(C)C)C=CCC=C1. The molecule has 0 radical (unpaired) electrons. The number of allylic oxidation sites excluding steroid dienone is 2. The van der Waals surface area contributed by atoms with Crippen molar-refractivity contribution in [2.24, 2.45) is 5.92 Å². The smallest absolute Gasteiger partial charge is 0.175 e. The van der Waals surface area contributed by atoms with Crippen molar-refractivity contribution in [3.05, 3.63) is 24.3 Å². The summed E-state index contributed by atoms with van der Waals surface area (Å²) in [4.78, 5) is 11.8. The molecule has 0 aliphatic heterocycles. The lowest BCUT2D eigenvalue weighted by Crippen LogP contribution is -2.40. The van der Waals surface area contributed by atoms with E-state index in [9.17, 15) is 4.79 Å². The van der Waals surface area contributed by atoms with Crippen molar-refractivity contribution in [1.82, 2.24) is 0 Å². The summed E-state index contributed by atoms with van der Waals surface area (Å²) in [5, 5.41) is 0. The number of Topliss-reactive ketones (excluding diaryl/α,β-unsaturated/α-hetero) is 1. The molecule has 1 rings (SSSR count). The van der Waals surface area contributed by atoms with Crippen LogP contribution in [0.4, 0.5) is 0 Å². The zero-order valence-corrected chi connectivity index (χ0v) is 8.41. The van der Waals surface area contributed by atoms with Crippen LogP contribution < -0.4 is 0 Å². The Kier molecular flexibility index (Phi) is 3.04. The van der Waals surface area contributed by atoms with Crippen LogP contribution in [0.5, 0.6) is 0 Å². The van der Waals surface area contributed by atoms with Crippen LogP contribution in [0.25, 0.3) is 0 Å². The van der Waals surface area contributed by atoms with Gasteiger partial charge in [-0.1, -0.05) is 26.0 Å². The number of carbonyl (C=O) groups excluding carboxylic acids is 1. The van der Waals surface area contributed by atoms with E-state index in [0.29, 0.717) is 0 Å². The summed E-state index contributed by atoms with van der Waals surface area (Å²) in [6, 6.07) is 0. The van der Waals surface area contributed by atoms with Gasteiger partial charge in [0.2, 0.25) is 0 Å². The normalized spacial score (nSPS) is 19.4. The van der Waals surface area contributed by atoms with Crippen LogP contribution in [0, 0.1) is 5.92 Å². The molecule has 1 aliphatic carbocycles. The highest BCUT2D eigenvalue weighted by Gasteiger charge is 2.35. The van der Waals surface area contributed by atoms with E-state index in [4.69, 9.17) is 4.74 Å². The van der Waals surface area contributed by atoms with Crippen molar-refractivity contribution in [3.63, 3.8) is 0 Å². The molecule has 0 atom stereocenters. The van der Waals surface area contributed by atoms with Gasteiger partial charge in [-0.05, 0) is 18.6 Å². The molecule has 2 nitrogen and oxygen atoms in total. The highest BCUT2D eigenvalue weighted by Crippen LogP contribution is 2.23. The molecule has 2 heteroatoms. The number of ketones is 1. The third kappa shape index (κ3) is 1.89. The lowest BCUT2D eigenvalue weighted by atomic mass is 9.87. The van der Waals surface area contributed by atoms with E-state index in [0.717, 1.165) is 6.42 Å². The van der Waals surface area contributed by atoms with Gasteiger partial charge in [0, 0.05) is 13.0 Å². The zero-order chi connectivity index (χ0) is 9.90. The molecule has 0 bridgehead atoms. The molecule has 0 aromatic carbocycles. The minimum absolute atomic E-state index is 0.00708. The number of hydrogen-bond donors (Lipinski definition) is 0. The summed E-state index contributed by atoms with van der Waals surface area (Å²) < 4.78 is 5.28. The minimum atomic E-state index is -0.799. The molecule has 1 aliphatic rings. The van der Waals surface area contributed by atoms with Gasteiger partial charge in [-0.3, -0.25) is 4.79 Å². The van der Waals surface area contributed by atoms with Gasteiger partial charge in [0.1, 0.15) is 0 Å². The first-order valence-corrected chi connectivity index (χ1v) is 4.57. The van der Waals surface area contributed by atoms with Crippen LogP contribution in [-0.2, 0) is 9.53 Å². The number of hydrogen-bond acceptors (Lipinski definition) is 2. The fraction of sp³-hybridized carbons (Fsp3) is 0.545. The van der Waals surface area contributed by atoms with Gasteiger partial charge in [-0.15, -0.1) is 0 Å². The first kappa shape index (κ1) is 10.2. The topological polar surface area (TPSA) is 26.3 Å². The van der Waals surface area contributed by atoms with E-state index in [1.165, 1.54) is 0 Å². The second kappa shape index (κ2) is 3.88. The first-order chi connectivity index (χ1) is 6.12. The van der Waals surface area contributed by atoms with Gasteiger partial charge in [0.05, 0.1) is 0 Å². The molecule has 0 aromatic heterocycles. The molecule has 0 amide bonds. The summed E-state index contributed by atoms with van der Waals surface area (Å²) in [6.45, 7) is 3.78. The van der Waals surface area contributed by atoms with Gasteiger partial charge in [-0.25, -0.2) is 0 Å². The average Bonchev–Trinajstić information content (AvgIpc) is 2.17. The van der Waals surface area contributed by atoms with E-state index in [2.05, 4.69) is 0 Å². The number of ether oxygens (including phenoxy) is 1. The highest BCUT2D eigenvalue weighted by molar-refractivity contribution is 5.93. The molecule has 13 heavy (non-hydrogen) atoms. The van der Waals surface area contributed by atoms with E-state index >= 15 is 0 Å². The van der Waals surface area contributed by atoms with Crippen LogP contribution in [0.15, 0.2) is 24.3 Å². The van der Waals surface area contributed by atoms with Crippen molar-refractivity contribution < 1.29 is 9.53 Å². The Labute approximate surface area is 79.3 Å². The molecule has 0 spiro atoms. The van der Waals surface area contributed by atoms with Gasteiger partial charge in [-0.2, -0.15) is 0 Å². The Morgan fingerprint density at radius 2 is 1.92 bits per heavy atom. The number of methoxy groups -OCH3 is 1. The number of rotatable bonds is 3. The molecule has 0 aromatic rings. The lowest BCUT2D eigenvalue weighted by Gasteiger charge is -2.27. The average molecular weight is 180 g/mol. The Morgan fingerprint density at radius 1 is 1.38 bits per heavy atom. The summed E-state index contributed by atoms with van der Waals surface area (Å²) in [5.41, 5.74) is -0.799. The van der Waals surface area contributed by atoms with Crippen LogP contribution >= 0.6 is 0 Å². The van der Waals surface area contributed by atoms with E-state index < -0.39 is 5.60 Å². The van der Waals surface area contributed by atoms with Crippen molar-refractivity contribution in [2.45, 2.75) is 25.9 Å². The summed E-state index contributed by atoms with van der Waals surface area (Å²) in [6.07, 6.45) is 8.49. The van der Waals surface area contributed by atoms with Crippen molar-refractivity contribution in [3.8, 4) is 0 Å². The predicted octanol–water partition coefficient (Wildman–Crippen LogP) is 2.11. The minimum Gasteiger partial charge on any atom is -0.362 e. The monoisotopic (exact) mass is 180 g/mol. The maximum atomic E-state index is 11.8. The van der Waals surface area contributed by atoms with E-state index in [1.807, 2.05) is 38.2 Å². The van der Waals surface area contributed by atoms with Crippen LogP contribution in [0.1, 0.15) is 20.3 Å². The fourth-order valence-corrected chi connectivity index (χ4v) is 1.47. The van der Waals surface area contributed by atoms with Crippen molar-refractivity contribution in [1.29, 1.82) is 0 Å². The molecule has 0 fully saturated rings. The van der Waals surface area contributed by atoms with Crippen LogP contribution in [-0.4, -0.2) is 18.5 Å². The fourth-order valence-electron chi connectivity index (χ4n) is 1.47. The van der Waals surface area contributed by atoms with Gasteiger partial charge >= 0.3 is 0 Å². The first-order valence-electron chi connectivity index (χ1n) is 4.57. The molecule has 0 N–H and O–H groups in total. The Hall–Kier alpha value is -0.890. The highest BCUT2D eigenvalue weighted by atomic mass is 16.5. The Morgan fingerprint density at radius 3 is 2.31 bits per heavy atom. The third-order valence-corrected chi connectivity index (χ3v) is 2.25. The second-order valence-electron chi connectivity index (χ2n) is 3.56. The van der Waals surface area contributed by atoms with Gasteiger partial charge < -0.3 is 4.74 Å². The van der Waals surface area contributed by atoms with Gasteiger partial charge in [0.15, 0.2) is 11.4 Å². The Bertz CT molecular complexity index is 237. The second-order valence-corrected chi connectivity index (χ2v) is 3.56. The summed E-state index contributed by atoms with van der Waals surface area (Å²) in [7, 11) is 1.57. The quantitative estimate of drug-likeness (QED) is 0.622. The maximum absolute atomic E-state index is 11.8. The summed E-state index contributed by atoms with van der Waals surface area (Å²) in [5.74, 6) is 0.106. The molecule has 0 unspecified atom stereocenters. The van der Waals surface area contributed by atoms with Crippen molar-refractivity contribution >= 4 is 5.78 Å². The summed E-state index contributed by atoms with van der Waals surface area (Å²) >= 11 is 0. The molecule has 72 valence electrons. The molecular weight excluding hydrogens is 164 g/mol. The Balaban J connectivity index is 2.92. The lowest BCUT2D eigenvalue weighted by molar-refractivity contribution is -0.134. The number of carbonyl (C=O) groups is 1. The largest absolute Gasteiger partial charge is 0.362 e. The van der Waals surface area contributed by atoms with Gasteiger partial charge in [0.25, 0.3) is 0 Å². The zero-order valence-electron chi connectivity index (χ0n) is 8.41.